The van der Waals surface area contributed by atoms with Gasteiger partial charge in [-0.1, -0.05) is 43.2 Å². The SMILES string of the molecule is O=C(CC1CCCC1)NCCc1csc(-c2ccccc2)n1. The molecule has 4 heteroatoms. The number of rotatable bonds is 6. The van der Waals surface area contributed by atoms with Gasteiger partial charge in [0.1, 0.15) is 5.01 Å². The number of thiazole rings is 1. The monoisotopic (exact) mass is 314 g/mol. The molecular formula is C18H22N2OS. The molecule has 1 saturated carbocycles. The number of benzene rings is 1. The van der Waals surface area contributed by atoms with E-state index in [1.54, 1.807) is 11.3 Å². The van der Waals surface area contributed by atoms with Crippen LogP contribution < -0.4 is 5.32 Å². The van der Waals surface area contributed by atoms with Crippen LogP contribution in [0.15, 0.2) is 35.7 Å². The van der Waals surface area contributed by atoms with E-state index >= 15 is 0 Å². The number of amides is 1. The van der Waals surface area contributed by atoms with Crippen molar-refractivity contribution in [2.75, 3.05) is 6.54 Å². The molecule has 0 unspecified atom stereocenters. The van der Waals surface area contributed by atoms with E-state index < -0.39 is 0 Å². The number of carbonyl (C=O) groups excluding carboxylic acids is 1. The van der Waals surface area contributed by atoms with Gasteiger partial charge in [0.05, 0.1) is 5.69 Å². The summed E-state index contributed by atoms with van der Waals surface area (Å²) in [6.45, 7) is 0.684. The molecule has 2 aromatic rings. The van der Waals surface area contributed by atoms with Crippen LogP contribution in [0.2, 0.25) is 0 Å². The molecule has 0 atom stereocenters. The van der Waals surface area contributed by atoms with E-state index in [0.717, 1.165) is 22.7 Å². The van der Waals surface area contributed by atoms with Gasteiger partial charge in [-0.15, -0.1) is 11.3 Å². The molecule has 3 rings (SSSR count). The lowest BCUT2D eigenvalue weighted by molar-refractivity contribution is -0.121. The maximum absolute atomic E-state index is 11.9. The second-order valence-corrected chi connectivity index (χ2v) is 6.82. The maximum atomic E-state index is 11.9. The Morgan fingerprint density at radius 2 is 2.00 bits per heavy atom. The maximum Gasteiger partial charge on any atom is 0.220 e. The minimum atomic E-state index is 0.199. The zero-order valence-corrected chi connectivity index (χ0v) is 13.6. The van der Waals surface area contributed by atoms with Gasteiger partial charge in [-0.2, -0.15) is 0 Å². The summed E-state index contributed by atoms with van der Waals surface area (Å²) < 4.78 is 0. The van der Waals surface area contributed by atoms with Gasteiger partial charge in [0, 0.05) is 30.3 Å². The zero-order valence-electron chi connectivity index (χ0n) is 12.8. The zero-order chi connectivity index (χ0) is 15.2. The van der Waals surface area contributed by atoms with Crippen molar-refractivity contribution < 1.29 is 4.79 Å². The summed E-state index contributed by atoms with van der Waals surface area (Å²) in [5.74, 6) is 0.814. The van der Waals surface area contributed by atoms with E-state index in [4.69, 9.17) is 0 Å². The standard InChI is InChI=1S/C18H22N2OS/c21-17(12-14-6-4-5-7-14)19-11-10-16-13-22-18(20-16)15-8-2-1-3-9-15/h1-3,8-9,13-14H,4-7,10-12H2,(H,19,21). The van der Waals surface area contributed by atoms with Crippen LogP contribution in [-0.4, -0.2) is 17.4 Å². The Morgan fingerprint density at radius 1 is 1.23 bits per heavy atom. The third-order valence-electron chi connectivity index (χ3n) is 4.22. The molecule has 1 N–H and O–H groups in total. The number of nitrogens with one attached hydrogen (secondary N) is 1. The number of hydrogen-bond donors (Lipinski definition) is 1. The summed E-state index contributed by atoms with van der Waals surface area (Å²) in [4.78, 5) is 16.5. The molecule has 0 bridgehead atoms. The molecule has 0 aliphatic heterocycles. The Bertz CT molecular complexity index is 603. The topological polar surface area (TPSA) is 42.0 Å². The Hall–Kier alpha value is -1.68. The molecule has 0 radical (unpaired) electrons. The molecule has 1 aromatic heterocycles. The highest BCUT2D eigenvalue weighted by molar-refractivity contribution is 7.13. The normalized spacial score (nSPS) is 15.1. The second-order valence-electron chi connectivity index (χ2n) is 5.96. The van der Waals surface area contributed by atoms with Gasteiger partial charge < -0.3 is 5.32 Å². The van der Waals surface area contributed by atoms with E-state index in [-0.39, 0.29) is 5.91 Å². The van der Waals surface area contributed by atoms with Crippen LogP contribution in [-0.2, 0) is 11.2 Å². The van der Waals surface area contributed by atoms with Crippen LogP contribution in [0.4, 0.5) is 0 Å². The molecule has 1 aromatic carbocycles. The van der Waals surface area contributed by atoms with Crippen LogP contribution in [0.5, 0.6) is 0 Å². The molecule has 0 spiro atoms. The minimum absolute atomic E-state index is 0.199. The third-order valence-corrected chi connectivity index (χ3v) is 5.16. The average molecular weight is 314 g/mol. The van der Waals surface area contributed by atoms with E-state index in [2.05, 4.69) is 27.8 Å². The summed E-state index contributed by atoms with van der Waals surface area (Å²) in [5, 5.41) is 6.17. The highest BCUT2D eigenvalue weighted by Gasteiger charge is 2.18. The Morgan fingerprint density at radius 3 is 2.77 bits per heavy atom. The molecule has 1 aliphatic carbocycles. The van der Waals surface area contributed by atoms with Crippen LogP contribution in [0, 0.1) is 5.92 Å². The lowest BCUT2D eigenvalue weighted by Gasteiger charge is -2.08. The van der Waals surface area contributed by atoms with Crippen LogP contribution in [0.1, 0.15) is 37.8 Å². The van der Waals surface area contributed by atoms with Gasteiger partial charge in [-0.3, -0.25) is 4.79 Å². The fourth-order valence-electron chi connectivity index (χ4n) is 3.01. The number of aromatic nitrogens is 1. The second kappa shape index (κ2) is 7.54. The summed E-state index contributed by atoms with van der Waals surface area (Å²) >= 11 is 1.66. The number of nitrogens with zero attached hydrogens (tertiary/aromatic N) is 1. The lowest BCUT2D eigenvalue weighted by Crippen LogP contribution is -2.27. The third kappa shape index (κ3) is 4.17. The summed E-state index contributed by atoms with van der Waals surface area (Å²) in [6, 6.07) is 10.2. The first-order valence-electron chi connectivity index (χ1n) is 8.08. The molecule has 22 heavy (non-hydrogen) atoms. The Labute approximate surface area is 135 Å². The quantitative estimate of drug-likeness (QED) is 0.874. The van der Waals surface area contributed by atoms with Gasteiger partial charge in [-0.05, 0) is 18.8 Å². The van der Waals surface area contributed by atoms with Crippen LogP contribution in [0.25, 0.3) is 10.6 Å². The van der Waals surface area contributed by atoms with Gasteiger partial charge in [-0.25, -0.2) is 4.98 Å². The summed E-state index contributed by atoms with van der Waals surface area (Å²) in [6.07, 6.45) is 6.53. The number of carbonyl (C=O) groups is 1. The van der Waals surface area contributed by atoms with Gasteiger partial charge in [0.25, 0.3) is 0 Å². The van der Waals surface area contributed by atoms with Crippen molar-refractivity contribution in [2.45, 2.75) is 38.5 Å². The molecular weight excluding hydrogens is 292 g/mol. The fourth-order valence-corrected chi connectivity index (χ4v) is 3.87. The highest BCUT2D eigenvalue weighted by atomic mass is 32.1. The van der Waals surface area contributed by atoms with E-state index in [1.807, 2.05) is 18.2 Å². The lowest BCUT2D eigenvalue weighted by atomic mass is 10.0. The summed E-state index contributed by atoms with van der Waals surface area (Å²) in [7, 11) is 0. The summed E-state index contributed by atoms with van der Waals surface area (Å²) in [5.41, 5.74) is 2.22. The molecule has 1 fully saturated rings. The Balaban J connectivity index is 1.44. The molecule has 1 aliphatic rings. The van der Waals surface area contributed by atoms with Crippen molar-refractivity contribution in [3.8, 4) is 10.6 Å². The largest absolute Gasteiger partial charge is 0.356 e. The van der Waals surface area contributed by atoms with Crippen molar-refractivity contribution in [3.63, 3.8) is 0 Å². The highest BCUT2D eigenvalue weighted by Crippen LogP contribution is 2.27. The van der Waals surface area contributed by atoms with Crippen LogP contribution >= 0.6 is 11.3 Å². The van der Waals surface area contributed by atoms with Crippen LogP contribution in [0.3, 0.4) is 0 Å². The molecule has 3 nitrogen and oxygen atoms in total. The fraction of sp³-hybridized carbons (Fsp3) is 0.444. The first-order valence-corrected chi connectivity index (χ1v) is 8.96. The van der Waals surface area contributed by atoms with Gasteiger partial charge >= 0.3 is 0 Å². The predicted octanol–water partition coefficient (Wildman–Crippen LogP) is 4.05. The van der Waals surface area contributed by atoms with E-state index in [1.165, 1.54) is 25.7 Å². The molecule has 116 valence electrons. The Kier molecular flexibility index (Phi) is 5.22. The van der Waals surface area contributed by atoms with Crippen molar-refractivity contribution in [3.05, 3.63) is 41.4 Å². The van der Waals surface area contributed by atoms with Gasteiger partial charge in [0.2, 0.25) is 5.91 Å². The number of hydrogen-bond acceptors (Lipinski definition) is 3. The molecule has 0 saturated heterocycles. The van der Waals surface area contributed by atoms with E-state index in [0.29, 0.717) is 18.9 Å². The first-order chi connectivity index (χ1) is 10.8. The predicted molar refractivity (Wildman–Crippen MR) is 90.8 cm³/mol. The van der Waals surface area contributed by atoms with E-state index in [9.17, 15) is 4.79 Å². The van der Waals surface area contributed by atoms with Crippen molar-refractivity contribution in [2.24, 2.45) is 5.92 Å². The first kappa shape index (κ1) is 15.2. The van der Waals surface area contributed by atoms with Crippen molar-refractivity contribution >= 4 is 17.2 Å². The van der Waals surface area contributed by atoms with Crippen molar-refractivity contribution in [1.82, 2.24) is 10.3 Å². The van der Waals surface area contributed by atoms with Crippen molar-refractivity contribution in [1.29, 1.82) is 0 Å². The minimum Gasteiger partial charge on any atom is -0.356 e. The smallest absolute Gasteiger partial charge is 0.220 e. The average Bonchev–Trinajstić information content (AvgIpc) is 3.20. The molecule has 1 heterocycles. The molecule has 1 amide bonds. The van der Waals surface area contributed by atoms with Gasteiger partial charge in [0.15, 0.2) is 0 Å².